The van der Waals surface area contributed by atoms with Gasteiger partial charge in [-0.15, -0.1) is 0 Å². The number of rotatable bonds is 3. The van der Waals surface area contributed by atoms with Crippen molar-refractivity contribution in [2.45, 2.75) is 6.42 Å². The van der Waals surface area contributed by atoms with E-state index < -0.39 is 52.4 Å². The van der Waals surface area contributed by atoms with E-state index in [1.807, 2.05) is 0 Å². The summed E-state index contributed by atoms with van der Waals surface area (Å²) in [6.07, 6.45) is -0.719. The van der Waals surface area contributed by atoms with E-state index in [1.54, 1.807) is 0 Å². The minimum absolute atomic E-state index is 0.486. The Morgan fingerprint density at radius 2 is 1.35 bits per heavy atom. The zero-order valence-electron chi connectivity index (χ0n) is 9.89. The Kier molecular flexibility index (Phi) is 3.83. The minimum Gasteiger partial charge on any atom is -0.294 e. The van der Waals surface area contributed by atoms with Crippen LogP contribution in [0.25, 0.3) is 0 Å². The van der Waals surface area contributed by atoms with E-state index in [4.69, 9.17) is 0 Å². The molecule has 20 heavy (non-hydrogen) atoms. The fourth-order valence-corrected chi connectivity index (χ4v) is 1.68. The van der Waals surface area contributed by atoms with Gasteiger partial charge in [0.05, 0.1) is 0 Å². The molecule has 0 N–H and O–H groups in total. The summed E-state index contributed by atoms with van der Waals surface area (Å²) in [4.78, 5) is 11.7. The third kappa shape index (κ3) is 2.68. The van der Waals surface area contributed by atoms with Crippen molar-refractivity contribution in [2.24, 2.45) is 0 Å². The van der Waals surface area contributed by atoms with Crippen LogP contribution < -0.4 is 0 Å². The predicted octanol–water partition coefficient (Wildman–Crippen LogP) is 3.81. The number of hydrogen-bond acceptors (Lipinski definition) is 1. The number of ketones is 1. The minimum atomic E-state index is -1.71. The highest BCUT2D eigenvalue weighted by atomic mass is 19.2. The van der Waals surface area contributed by atoms with Gasteiger partial charge in [-0.1, -0.05) is 6.07 Å². The highest BCUT2D eigenvalue weighted by Gasteiger charge is 2.18. The number of halogens is 5. The largest absolute Gasteiger partial charge is 0.294 e. The lowest BCUT2D eigenvalue weighted by atomic mass is 10.0. The third-order valence-corrected chi connectivity index (χ3v) is 2.70. The number of Topliss-reactive ketones (excluding diaryl/α,β-unsaturated/α-hetero) is 1. The van der Waals surface area contributed by atoms with Crippen molar-refractivity contribution in [1.82, 2.24) is 0 Å². The lowest BCUT2D eigenvalue weighted by Crippen LogP contribution is -2.09. The predicted molar refractivity (Wildman–Crippen MR) is 60.7 cm³/mol. The zero-order valence-corrected chi connectivity index (χ0v) is 9.89. The molecule has 0 unspecified atom stereocenters. The SMILES string of the molecule is O=C(Cc1c(F)cccc1F)c1cc(F)c(F)c(F)c1. The van der Waals surface area contributed by atoms with Gasteiger partial charge in [-0.3, -0.25) is 4.79 Å². The van der Waals surface area contributed by atoms with Crippen LogP contribution in [0.1, 0.15) is 15.9 Å². The first-order valence-corrected chi connectivity index (χ1v) is 5.50. The lowest BCUT2D eigenvalue weighted by Gasteiger charge is -2.05. The van der Waals surface area contributed by atoms with E-state index in [-0.39, 0.29) is 0 Å². The first-order valence-electron chi connectivity index (χ1n) is 5.50. The maximum Gasteiger partial charge on any atom is 0.194 e. The van der Waals surface area contributed by atoms with Crippen molar-refractivity contribution in [3.8, 4) is 0 Å². The molecule has 104 valence electrons. The summed E-state index contributed by atoms with van der Waals surface area (Å²) in [5.41, 5.74) is -1.01. The molecule has 0 atom stereocenters. The summed E-state index contributed by atoms with van der Waals surface area (Å²) in [6.45, 7) is 0. The van der Waals surface area contributed by atoms with Gasteiger partial charge in [0.1, 0.15) is 11.6 Å². The van der Waals surface area contributed by atoms with Gasteiger partial charge >= 0.3 is 0 Å². The molecule has 0 heterocycles. The van der Waals surface area contributed by atoms with Crippen LogP contribution in [0.3, 0.4) is 0 Å². The molecular formula is C14H7F5O. The van der Waals surface area contributed by atoms with Gasteiger partial charge in [0.15, 0.2) is 23.2 Å². The normalized spacial score (nSPS) is 10.7. The molecule has 0 aliphatic carbocycles. The average Bonchev–Trinajstić information content (AvgIpc) is 2.39. The lowest BCUT2D eigenvalue weighted by molar-refractivity contribution is 0.0989. The Morgan fingerprint density at radius 1 is 0.850 bits per heavy atom. The van der Waals surface area contributed by atoms with Crippen LogP contribution in [-0.4, -0.2) is 5.78 Å². The summed E-state index contributed by atoms with van der Waals surface area (Å²) in [5, 5.41) is 0. The number of benzene rings is 2. The van der Waals surface area contributed by atoms with Crippen LogP contribution >= 0.6 is 0 Å². The monoisotopic (exact) mass is 286 g/mol. The molecule has 0 spiro atoms. The average molecular weight is 286 g/mol. The molecule has 0 amide bonds. The highest BCUT2D eigenvalue weighted by Crippen LogP contribution is 2.18. The van der Waals surface area contributed by atoms with Gasteiger partial charge in [0, 0.05) is 17.5 Å². The second kappa shape index (κ2) is 5.40. The first-order chi connectivity index (χ1) is 9.40. The van der Waals surface area contributed by atoms with Crippen LogP contribution in [0, 0.1) is 29.1 Å². The first kappa shape index (κ1) is 14.2. The number of hydrogen-bond donors (Lipinski definition) is 0. The molecule has 0 aliphatic rings. The van der Waals surface area contributed by atoms with Crippen molar-refractivity contribution < 1.29 is 26.7 Å². The Morgan fingerprint density at radius 3 is 1.85 bits per heavy atom. The van der Waals surface area contributed by atoms with E-state index in [9.17, 15) is 26.7 Å². The fourth-order valence-electron chi connectivity index (χ4n) is 1.68. The number of carbonyl (C=O) groups excluding carboxylic acids is 1. The molecule has 2 aromatic rings. The summed E-state index contributed by atoms with van der Waals surface area (Å²) in [7, 11) is 0. The van der Waals surface area contributed by atoms with Crippen molar-refractivity contribution in [1.29, 1.82) is 0 Å². The van der Waals surface area contributed by atoms with Gasteiger partial charge < -0.3 is 0 Å². The van der Waals surface area contributed by atoms with Crippen molar-refractivity contribution in [3.05, 3.63) is 70.5 Å². The molecular weight excluding hydrogens is 279 g/mol. The van der Waals surface area contributed by atoms with Gasteiger partial charge in [-0.25, -0.2) is 22.0 Å². The second-order valence-electron chi connectivity index (χ2n) is 4.05. The maximum atomic E-state index is 13.3. The molecule has 0 saturated heterocycles. The van der Waals surface area contributed by atoms with E-state index in [2.05, 4.69) is 0 Å². The van der Waals surface area contributed by atoms with Crippen molar-refractivity contribution in [2.75, 3.05) is 0 Å². The molecule has 0 bridgehead atoms. The van der Waals surface area contributed by atoms with Crippen LogP contribution in [0.4, 0.5) is 22.0 Å². The fraction of sp³-hybridized carbons (Fsp3) is 0.0714. The van der Waals surface area contributed by atoms with E-state index in [0.29, 0.717) is 12.1 Å². The highest BCUT2D eigenvalue weighted by molar-refractivity contribution is 5.97. The van der Waals surface area contributed by atoms with Gasteiger partial charge in [-0.05, 0) is 24.3 Å². The topological polar surface area (TPSA) is 17.1 Å². The molecule has 1 nitrogen and oxygen atoms in total. The quantitative estimate of drug-likeness (QED) is 0.476. The van der Waals surface area contributed by atoms with Gasteiger partial charge in [0.2, 0.25) is 0 Å². The van der Waals surface area contributed by atoms with Crippen LogP contribution in [0.5, 0.6) is 0 Å². The molecule has 0 aliphatic heterocycles. The summed E-state index contributed by atoms with van der Waals surface area (Å²) in [5.74, 6) is -7.60. The maximum absolute atomic E-state index is 13.3. The second-order valence-corrected chi connectivity index (χ2v) is 4.05. The molecule has 0 fully saturated rings. The van der Waals surface area contributed by atoms with E-state index in [1.165, 1.54) is 0 Å². The zero-order chi connectivity index (χ0) is 14.9. The molecule has 0 saturated carbocycles. The van der Waals surface area contributed by atoms with Gasteiger partial charge in [-0.2, -0.15) is 0 Å². The standard InChI is InChI=1S/C14H7F5O/c15-9-2-1-3-10(16)8(9)6-13(20)7-4-11(17)14(19)12(18)5-7/h1-5H,6H2. The Bertz CT molecular complexity index is 638. The molecule has 0 aromatic heterocycles. The van der Waals surface area contributed by atoms with Crippen LogP contribution in [0.15, 0.2) is 30.3 Å². The third-order valence-electron chi connectivity index (χ3n) is 2.70. The van der Waals surface area contributed by atoms with E-state index in [0.717, 1.165) is 18.2 Å². The summed E-state index contributed by atoms with van der Waals surface area (Å²) < 4.78 is 65.4. The molecule has 2 aromatic carbocycles. The van der Waals surface area contributed by atoms with Crippen molar-refractivity contribution >= 4 is 5.78 Å². The number of carbonyl (C=O) groups is 1. The Hall–Kier alpha value is -2.24. The van der Waals surface area contributed by atoms with Crippen LogP contribution in [-0.2, 0) is 6.42 Å². The summed E-state index contributed by atoms with van der Waals surface area (Å²) in [6, 6.07) is 4.00. The Balaban J connectivity index is 2.34. The molecule has 0 radical (unpaired) electrons. The Labute approximate surface area is 110 Å². The molecule has 2 rings (SSSR count). The molecule has 6 heteroatoms. The van der Waals surface area contributed by atoms with E-state index >= 15 is 0 Å². The van der Waals surface area contributed by atoms with Crippen LogP contribution in [0.2, 0.25) is 0 Å². The smallest absolute Gasteiger partial charge is 0.194 e. The van der Waals surface area contributed by atoms with Crippen molar-refractivity contribution in [3.63, 3.8) is 0 Å². The summed E-state index contributed by atoms with van der Waals surface area (Å²) >= 11 is 0. The van der Waals surface area contributed by atoms with Gasteiger partial charge in [0.25, 0.3) is 0 Å².